The topological polar surface area (TPSA) is 68.9 Å². The summed E-state index contributed by atoms with van der Waals surface area (Å²) in [6.07, 6.45) is -3.34. The monoisotopic (exact) mass is 478 g/mol. The van der Waals surface area contributed by atoms with Crippen LogP contribution in [0.4, 0.5) is 14.5 Å². The van der Waals surface area contributed by atoms with Crippen LogP contribution in [0, 0.1) is 27.0 Å². The highest BCUT2D eigenvalue weighted by Crippen LogP contribution is 2.40. The Kier molecular flexibility index (Phi) is 6.62. The fourth-order valence-electron chi connectivity index (χ4n) is 3.96. The van der Waals surface area contributed by atoms with Crippen LogP contribution in [-0.2, 0) is 11.3 Å². The van der Waals surface area contributed by atoms with Gasteiger partial charge < -0.3 is 4.85 Å². The Morgan fingerprint density at radius 2 is 1.94 bits per heavy atom. The third kappa shape index (κ3) is 4.37. The van der Waals surface area contributed by atoms with Crippen LogP contribution in [0.25, 0.3) is 14.7 Å². The lowest BCUT2D eigenvalue weighted by Crippen LogP contribution is -2.12. The largest absolute Gasteiger partial charge is 0.311 e. The number of alkyl halides is 2. The van der Waals surface area contributed by atoms with Crippen LogP contribution in [0.3, 0.4) is 0 Å². The molecule has 0 fully saturated rings. The molecule has 1 aliphatic rings. The molecule has 0 N–H and O–H groups in total. The Labute approximate surface area is 199 Å². The van der Waals surface area contributed by atoms with Crippen molar-refractivity contribution in [1.82, 2.24) is 14.8 Å². The number of Topliss-reactive ketones (excluding diaryl/α,β-unsaturated/α-hetero) is 1. The number of thiophene rings is 1. The molecule has 172 valence electrons. The van der Waals surface area contributed by atoms with Crippen molar-refractivity contribution in [3.05, 3.63) is 80.3 Å². The number of halogens is 2. The molecule has 1 aliphatic heterocycles. The molecule has 0 bridgehead atoms. The van der Waals surface area contributed by atoms with Gasteiger partial charge in [0.2, 0.25) is 13.0 Å². The number of nitrogens with zero attached hydrogens (tertiary/aromatic N) is 6. The Morgan fingerprint density at radius 3 is 2.59 bits per heavy atom. The van der Waals surface area contributed by atoms with Gasteiger partial charge in [-0.25, -0.2) is 20.2 Å². The predicted molar refractivity (Wildman–Crippen MR) is 125 cm³/mol. The van der Waals surface area contributed by atoms with E-state index in [4.69, 9.17) is 18.1 Å². The highest BCUT2D eigenvalue weighted by atomic mass is 32.1. The van der Waals surface area contributed by atoms with E-state index >= 15 is 0 Å². The first kappa shape index (κ1) is 23.4. The molecule has 34 heavy (non-hydrogen) atoms. The average molecular weight is 479 g/mol. The quantitative estimate of drug-likeness (QED) is 0.402. The van der Waals surface area contributed by atoms with E-state index in [0.717, 1.165) is 26.6 Å². The molecular weight excluding hydrogens is 458 g/mol. The third-order valence-electron chi connectivity index (χ3n) is 5.65. The summed E-state index contributed by atoms with van der Waals surface area (Å²) < 4.78 is 27.2. The SMILES string of the molecule is [C-]#[N+]Cc1sc2c(c1C)C(c1ccc([N+]#[C-])cc1)=N[C@@H](CC(=O)CCC(F)F)c1nnc(C)n1-2. The highest BCUT2D eigenvalue weighted by molar-refractivity contribution is 7.15. The molecule has 3 aromatic rings. The molecular formula is C24H20F2N6OS. The van der Waals surface area contributed by atoms with Crippen LogP contribution in [0.5, 0.6) is 0 Å². The maximum atomic E-state index is 12.7. The van der Waals surface area contributed by atoms with Crippen LogP contribution >= 0.6 is 11.3 Å². The number of fused-ring (bicyclic) bond motifs is 3. The van der Waals surface area contributed by atoms with Crippen molar-refractivity contribution in [2.24, 2.45) is 4.99 Å². The van der Waals surface area contributed by atoms with Crippen LogP contribution in [0.2, 0.25) is 0 Å². The van der Waals surface area contributed by atoms with Crippen molar-refractivity contribution < 1.29 is 13.6 Å². The zero-order valence-corrected chi connectivity index (χ0v) is 19.4. The molecule has 0 amide bonds. The molecule has 10 heteroatoms. The summed E-state index contributed by atoms with van der Waals surface area (Å²) in [7, 11) is 0. The zero-order chi connectivity index (χ0) is 24.4. The van der Waals surface area contributed by atoms with Crippen molar-refractivity contribution in [2.75, 3.05) is 0 Å². The molecule has 1 atom stereocenters. The van der Waals surface area contributed by atoms with Gasteiger partial charge in [0.15, 0.2) is 11.5 Å². The van der Waals surface area contributed by atoms with Gasteiger partial charge in [0, 0.05) is 24.8 Å². The van der Waals surface area contributed by atoms with Gasteiger partial charge in [-0.05, 0) is 25.0 Å². The first-order valence-electron chi connectivity index (χ1n) is 10.6. The van der Waals surface area contributed by atoms with E-state index in [0.29, 0.717) is 23.0 Å². The van der Waals surface area contributed by atoms with Crippen LogP contribution in [0.15, 0.2) is 29.3 Å². The van der Waals surface area contributed by atoms with E-state index in [1.165, 1.54) is 11.3 Å². The Hall–Kier alpha value is -3.76. The minimum Gasteiger partial charge on any atom is -0.311 e. The lowest BCUT2D eigenvalue weighted by molar-refractivity contribution is -0.120. The summed E-state index contributed by atoms with van der Waals surface area (Å²) in [5.41, 5.74) is 3.60. The molecule has 0 saturated heterocycles. The molecule has 4 rings (SSSR count). The van der Waals surface area contributed by atoms with Crippen LogP contribution in [-0.4, -0.2) is 32.7 Å². The molecule has 3 heterocycles. The van der Waals surface area contributed by atoms with E-state index in [2.05, 4.69) is 19.9 Å². The number of aliphatic imine (C=N–C) groups is 1. The summed E-state index contributed by atoms with van der Waals surface area (Å²) in [6.45, 7) is 18.5. The minimum absolute atomic E-state index is 0.0720. The number of hydrogen-bond acceptors (Lipinski definition) is 5. The molecule has 7 nitrogen and oxygen atoms in total. The van der Waals surface area contributed by atoms with Gasteiger partial charge in [-0.3, -0.25) is 14.4 Å². The van der Waals surface area contributed by atoms with Gasteiger partial charge in [-0.1, -0.05) is 24.3 Å². The summed E-state index contributed by atoms with van der Waals surface area (Å²) in [6, 6.07) is 6.30. The number of aryl methyl sites for hydroxylation is 1. The number of hydrogen-bond donors (Lipinski definition) is 0. The van der Waals surface area contributed by atoms with Crippen molar-refractivity contribution in [2.45, 2.75) is 52.1 Å². The Balaban J connectivity index is 1.90. The maximum Gasteiger partial charge on any atom is 0.249 e. The summed E-state index contributed by atoms with van der Waals surface area (Å²) >= 11 is 1.46. The lowest BCUT2D eigenvalue weighted by Gasteiger charge is -2.12. The van der Waals surface area contributed by atoms with Crippen LogP contribution < -0.4 is 0 Å². The molecule has 0 unspecified atom stereocenters. The van der Waals surface area contributed by atoms with Gasteiger partial charge in [0.1, 0.15) is 22.7 Å². The number of benzene rings is 1. The molecule has 0 aliphatic carbocycles. The standard InChI is InChI=1S/C24H20F2N6OS/c1-13-19(12-27-3)34-24-21(13)22(15-5-7-16(28-4)8-6-15)29-18(11-17(33)9-10-20(25)26)23-31-30-14(2)32(23)24/h5-8,18,20H,9-12H2,1-2H3/t18-/m0/s1. The fourth-order valence-corrected chi connectivity index (χ4v) is 5.25. The number of rotatable bonds is 7. The van der Waals surface area contributed by atoms with Gasteiger partial charge >= 0.3 is 0 Å². The number of ketones is 1. The third-order valence-corrected chi connectivity index (χ3v) is 6.92. The summed E-state index contributed by atoms with van der Waals surface area (Å²) in [5.74, 6) is 0.754. The average Bonchev–Trinajstić information content (AvgIpc) is 3.31. The first-order valence-corrected chi connectivity index (χ1v) is 11.4. The maximum absolute atomic E-state index is 12.7. The molecule has 0 spiro atoms. The van der Waals surface area contributed by atoms with E-state index in [1.54, 1.807) is 31.2 Å². The van der Waals surface area contributed by atoms with Crippen molar-refractivity contribution in [3.8, 4) is 5.00 Å². The Morgan fingerprint density at radius 1 is 1.21 bits per heavy atom. The van der Waals surface area contributed by atoms with E-state index < -0.39 is 18.9 Å². The zero-order valence-electron chi connectivity index (χ0n) is 18.5. The molecule has 2 aromatic heterocycles. The summed E-state index contributed by atoms with van der Waals surface area (Å²) in [4.78, 5) is 25.4. The second-order valence-electron chi connectivity index (χ2n) is 7.91. The number of carbonyl (C=O) groups is 1. The van der Waals surface area contributed by atoms with Crippen LogP contribution in [0.1, 0.15) is 58.5 Å². The second-order valence-corrected chi connectivity index (χ2v) is 9.00. The van der Waals surface area contributed by atoms with E-state index in [9.17, 15) is 13.6 Å². The summed E-state index contributed by atoms with van der Waals surface area (Å²) in [5, 5.41) is 9.31. The van der Waals surface area contributed by atoms with E-state index in [-0.39, 0.29) is 25.2 Å². The van der Waals surface area contributed by atoms with E-state index in [1.807, 2.05) is 11.5 Å². The fraction of sp³-hybridized carbons (Fsp3) is 0.333. The first-order chi connectivity index (χ1) is 16.3. The number of carbonyl (C=O) groups excluding carboxylic acids is 1. The van der Waals surface area contributed by atoms with Crippen molar-refractivity contribution in [3.63, 3.8) is 0 Å². The van der Waals surface area contributed by atoms with Gasteiger partial charge in [0.25, 0.3) is 0 Å². The van der Waals surface area contributed by atoms with Crippen molar-refractivity contribution in [1.29, 1.82) is 0 Å². The Bertz CT molecular complexity index is 1360. The minimum atomic E-state index is -2.54. The van der Waals surface area contributed by atoms with Gasteiger partial charge in [-0.15, -0.1) is 21.5 Å². The lowest BCUT2D eigenvalue weighted by atomic mass is 9.99. The van der Waals surface area contributed by atoms with Crippen molar-refractivity contribution >= 4 is 28.5 Å². The molecule has 0 radical (unpaired) electrons. The van der Waals surface area contributed by atoms with Gasteiger partial charge in [-0.2, -0.15) is 0 Å². The normalized spacial score (nSPS) is 14.6. The molecule has 0 saturated carbocycles. The predicted octanol–water partition coefficient (Wildman–Crippen LogP) is 5.81. The van der Waals surface area contributed by atoms with Gasteiger partial charge in [0.05, 0.1) is 17.2 Å². The smallest absolute Gasteiger partial charge is 0.249 e. The molecule has 1 aromatic carbocycles. The highest BCUT2D eigenvalue weighted by Gasteiger charge is 2.33. The second kappa shape index (κ2) is 9.62. The number of aromatic nitrogens is 3.